The van der Waals surface area contributed by atoms with E-state index in [9.17, 15) is 18.0 Å². The van der Waals surface area contributed by atoms with E-state index < -0.39 is 35.5 Å². The Morgan fingerprint density at radius 2 is 1.88 bits per heavy atom. The van der Waals surface area contributed by atoms with E-state index in [2.05, 4.69) is 5.32 Å². The van der Waals surface area contributed by atoms with Crippen molar-refractivity contribution in [2.45, 2.75) is 25.5 Å². The van der Waals surface area contributed by atoms with Crippen LogP contribution < -0.4 is 5.32 Å². The molecule has 2 aromatic rings. The molecule has 1 amide bonds. The van der Waals surface area contributed by atoms with Crippen molar-refractivity contribution < 1.29 is 22.7 Å². The van der Waals surface area contributed by atoms with Gasteiger partial charge in [-0.05, 0) is 42.2 Å². The number of nitrogens with one attached hydrogen (secondary N) is 1. The van der Waals surface area contributed by atoms with Gasteiger partial charge in [-0.3, -0.25) is 4.79 Å². The summed E-state index contributed by atoms with van der Waals surface area (Å²) in [6.45, 7) is 1.99. The van der Waals surface area contributed by atoms with Crippen molar-refractivity contribution in [1.82, 2.24) is 5.32 Å². The van der Waals surface area contributed by atoms with Crippen LogP contribution in [0.15, 0.2) is 36.4 Å². The maximum atomic E-state index is 13.3. The molecule has 3 rings (SSSR count). The molecule has 0 bridgehead atoms. The summed E-state index contributed by atoms with van der Waals surface area (Å²) in [5.41, 5.74) is 1.96. The van der Waals surface area contributed by atoms with Crippen molar-refractivity contribution >= 4 is 5.91 Å². The van der Waals surface area contributed by atoms with Gasteiger partial charge in [-0.2, -0.15) is 0 Å². The summed E-state index contributed by atoms with van der Waals surface area (Å²) in [5.74, 6) is -4.50. The Morgan fingerprint density at radius 3 is 2.58 bits per heavy atom. The van der Waals surface area contributed by atoms with Crippen LogP contribution >= 0.6 is 0 Å². The number of hydrogen-bond acceptors (Lipinski definition) is 2. The molecule has 0 spiro atoms. The first-order chi connectivity index (χ1) is 11.5. The van der Waals surface area contributed by atoms with E-state index >= 15 is 0 Å². The van der Waals surface area contributed by atoms with Gasteiger partial charge in [0.2, 0.25) is 0 Å². The SMILES string of the molecule is CC(NC(=O)C1OCCc2ccccc21)c1cc(F)c(F)c(F)c1. The molecule has 126 valence electrons. The summed E-state index contributed by atoms with van der Waals surface area (Å²) in [4.78, 5) is 12.5. The number of amides is 1. The monoisotopic (exact) mass is 335 g/mol. The fourth-order valence-electron chi connectivity index (χ4n) is 2.81. The molecule has 0 fully saturated rings. The topological polar surface area (TPSA) is 38.3 Å². The average Bonchev–Trinajstić information content (AvgIpc) is 2.58. The highest BCUT2D eigenvalue weighted by atomic mass is 19.2. The third-order valence-corrected chi connectivity index (χ3v) is 4.10. The van der Waals surface area contributed by atoms with Gasteiger partial charge in [-0.1, -0.05) is 24.3 Å². The fourth-order valence-corrected chi connectivity index (χ4v) is 2.81. The van der Waals surface area contributed by atoms with E-state index in [1.54, 1.807) is 6.92 Å². The van der Waals surface area contributed by atoms with Gasteiger partial charge < -0.3 is 10.1 Å². The minimum Gasteiger partial charge on any atom is -0.363 e. The lowest BCUT2D eigenvalue weighted by atomic mass is 9.96. The summed E-state index contributed by atoms with van der Waals surface area (Å²) in [7, 11) is 0. The number of carbonyl (C=O) groups is 1. The maximum absolute atomic E-state index is 13.3. The van der Waals surface area contributed by atoms with E-state index in [4.69, 9.17) is 4.74 Å². The molecule has 2 atom stereocenters. The zero-order chi connectivity index (χ0) is 17.3. The molecule has 1 heterocycles. The molecule has 1 aliphatic heterocycles. The van der Waals surface area contributed by atoms with Crippen LogP contribution in [0.2, 0.25) is 0 Å². The van der Waals surface area contributed by atoms with Crippen LogP contribution in [0.4, 0.5) is 13.2 Å². The summed E-state index contributed by atoms with van der Waals surface area (Å²) in [6.07, 6.45) is -0.0447. The van der Waals surface area contributed by atoms with Gasteiger partial charge in [0.1, 0.15) is 0 Å². The van der Waals surface area contributed by atoms with E-state index in [0.29, 0.717) is 6.61 Å². The first-order valence-electron chi connectivity index (χ1n) is 7.61. The lowest BCUT2D eigenvalue weighted by Crippen LogP contribution is -2.35. The third kappa shape index (κ3) is 3.14. The first-order valence-corrected chi connectivity index (χ1v) is 7.61. The number of carbonyl (C=O) groups excluding carboxylic acids is 1. The molecule has 0 saturated carbocycles. The smallest absolute Gasteiger partial charge is 0.254 e. The summed E-state index contributed by atoms with van der Waals surface area (Å²) in [5, 5.41) is 2.66. The van der Waals surface area contributed by atoms with Crippen LogP contribution in [0.25, 0.3) is 0 Å². The maximum Gasteiger partial charge on any atom is 0.254 e. The quantitative estimate of drug-likeness (QED) is 0.871. The molecular weight excluding hydrogens is 319 g/mol. The Bertz CT molecular complexity index is 756. The van der Waals surface area contributed by atoms with Crippen molar-refractivity contribution in [2.75, 3.05) is 6.61 Å². The van der Waals surface area contributed by atoms with Gasteiger partial charge >= 0.3 is 0 Å². The molecule has 6 heteroatoms. The van der Waals surface area contributed by atoms with Crippen LogP contribution in [-0.4, -0.2) is 12.5 Å². The average molecular weight is 335 g/mol. The van der Waals surface area contributed by atoms with Gasteiger partial charge in [0, 0.05) is 0 Å². The zero-order valence-electron chi connectivity index (χ0n) is 13.0. The number of rotatable bonds is 3. The van der Waals surface area contributed by atoms with Gasteiger partial charge in [-0.25, -0.2) is 13.2 Å². The lowest BCUT2D eigenvalue weighted by Gasteiger charge is -2.26. The van der Waals surface area contributed by atoms with Gasteiger partial charge in [0.15, 0.2) is 23.6 Å². The molecule has 0 aliphatic carbocycles. The minimum absolute atomic E-state index is 0.142. The summed E-state index contributed by atoms with van der Waals surface area (Å²) < 4.78 is 45.3. The third-order valence-electron chi connectivity index (χ3n) is 4.10. The molecule has 0 saturated heterocycles. The molecule has 3 nitrogen and oxygen atoms in total. The number of halogens is 3. The van der Waals surface area contributed by atoms with E-state index in [0.717, 1.165) is 29.7 Å². The Hall–Kier alpha value is -2.34. The van der Waals surface area contributed by atoms with Gasteiger partial charge in [0.05, 0.1) is 12.6 Å². The van der Waals surface area contributed by atoms with Crippen LogP contribution in [0, 0.1) is 17.5 Å². The van der Waals surface area contributed by atoms with E-state index in [-0.39, 0.29) is 5.56 Å². The fraction of sp³-hybridized carbons (Fsp3) is 0.278. The van der Waals surface area contributed by atoms with Crippen molar-refractivity contribution in [3.05, 3.63) is 70.5 Å². The van der Waals surface area contributed by atoms with Crippen molar-refractivity contribution in [2.24, 2.45) is 0 Å². The highest BCUT2D eigenvalue weighted by Gasteiger charge is 2.28. The van der Waals surface area contributed by atoms with Crippen LogP contribution in [0.1, 0.15) is 35.8 Å². The van der Waals surface area contributed by atoms with Crippen LogP contribution in [0.5, 0.6) is 0 Å². The minimum atomic E-state index is -1.53. The second-order valence-electron chi connectivity index (χ2n) is 5.73. The largest absolute Gasteiger partial charge is 0.363 e. The van der Waals surface area contributed by atoms with Crippen LogP contribution in [0.3, 0.4) is 0 Å². The van der Waals surface area contributed by atoms with E-state index in [1.807, 2.05) is 24.3 Å². The highest BCUT2D eigenvalue weighted by molar-refractivity contribution is 5.83. The number of ether oxygens (including phenoxy) is 1. The standard InChI is InChI=1S/C18H16F3NO2/c1-10(12-8-14(19)16(21)15(20)9-12)22-18(23)17-13-5-3-2-4-11(13)6-7-24-17/h2-5,8-10,17H,6-7H2,1H3,(H,22,23). The number of benzene rings is 2. The molecule has 1 N–H and O–H groups in total. The molecular formula is C18H16F3NO2. The predicted octanol–water partition coefficient (Wildman–Crippen LogP) is 3.60. The lowest BCUT2D eigenvalue weighted by molar-refractivity contribution is -0.134. The normalized spacial score (nSPS) is 17.9. The number of hydrogen-bond donors (Lipinski definition) is 1. The summed E-state index contributed by atoms with van der Waals surface area (Å²) >= 11 is 0. The second-order valence-corrected chi connectivity index (χ2v) is 5.73. The van der Waals surface area contributed by atoms with Crippen molar-refractivity contribution in [3.63, 3.8) is 0 Å². The molecule has 2 aromatic carbocycles. The molecule has 0 radical (unpaired) electrons. The Labute approximate surface area is 137 Å². The molecule has 1 aliphatic rings. The molecule has 24 heavy (non-hydrogen) atoms. The predicted molar refractivity (Wildman–Crippen MR) is 81.7 cm³/mol. The van der Waals surface area contributed by atoms with Crippen molar-refractivity contribution in [3.8, 4) is 0 Å². The highest BCUT2D eigenvalue weighted by Crippen LogP contribution is 2.28. The zero-order valence-corrected chi connectivity index (χ0v) is 13.0. The number of fused-ring (bicyclic) bond motifs is 1. The second kappa shape index (κ2) is 6.65. The van der Waals surface area contributed by atoms with E-state index in [1.165, 1.54) is 0 Å². The molecule has 2 unspecified atom stereocenters. The van der Waals surface area contributed by atoms with Gasteiger partial charge in [-0.15, -0.1) is 0 Å². The Kier molecular flexibility index (Phi) is 4.57. The van der Waals surface area contributed by atoms with Crippen LogP contribution in [-0.2, 0) is 16.0 Å². The first kappa shape index (κ1) is 16.5. The van der Waals surface area contributed by atoms with Gasteiger partial charge in [0.25, 0.3) is 5.91 Å². The molecule has 0 aromatic heterocycles. The van der Waals surface area contributed by atoms with Crippen molar-refractivity contribution in [1.29, 1.82) is 0 Å². The Morgan fingerprint density at radius 1 is 1.21 bits per heavy atom. The summed E-state index contributed by atoms with van der Waals surface area (Å²) in [6, 6.07) is 8.53. The Balaban J connectivity index is 1.78.